The van der Waals surface area contributed by atoms with Crippen LogP contribution in [0.1, 0.15) is 23.2 Å². The molecule has 2 aromatic heterocycles. The van der Waals surface area contributed by atoms with Gasteiger partial charge in [0.15, 0.2) is 5.54 Å². The fourth-order valence-electron chi connectivity index (χ4n) is 5.31. The molecule has 226 valence electrons. The maximum atomic E-state index is 14.7. The number of aliphatic hydroxyl groups excluding tert-OH is 1. The van der Waals surface area contributed by atoms with Crippen LogP contribution in [0.4, 0.5) is 5.69 Å². The van der Waals surface area contributed by atoms with Crippen molar-refractivity contribution in [3.05, 3.63) is 75.9 Å². The first-order chi connectivity index (χ1) is 19.5. The molecule has 0 radical (unpaired) electrons. The highest BCUT2D eigenvalue weighted by Gasteiger charge is 2.64. The topological polar surface area (TPSA) is 165 Å². The van der Waals surface area contributed by atoms with E-state index in [1.807, 2.05) is 0 Å². The maximum absolute atomic E-state index is 14.7. The number of carbonyl (C=O) groups excluding carboxylic acids is 2. The number of β-amino-alcohol motifs (C(OH)–C–C–N with tert-alkyl or cyclic N) is 1. The van der Waals surface area contributed by atoms with E-state index >= 15 is 0 Å². The number of anilines is 1. The van der Waals surface area contributed by atoms with Crippen LogP contribution in [-0.2, 0) is 35.3 Å². The van der Waals surface area contributed by atoms with Crippen LogP contribution < -0.4 is 4.31 Å². The van der Waals surface area contributed by atoms with Crippen LogP contribution in [0, 0.1) is 6.92 Å². The molecule has 42 heavy (non-hydrogen) atoms. The van der Waals surface area contributed by atoms with Crippen LogP contribution in [0.3, 0.4) is 0 Å². The van der Waals surface area contributed by atoms with Crippen molar-refractivity contribution in [2.75, 3.05) is 31.2 Å². The largest absolute Gasteiger partial charge is 0.392 e. The minimum atomic E-state index is -4.31. The summed E-state index contributed by atoms with van der Waals surface area (Å²) in [5.41, 5.74) is -0.514. The van der Waals surface area contributed by atoms with Crippen molar-refractivity contribution in [1.29, 1.82) is 0 Å². The second kappa shape index (κ2) is 11.6. The van der Waals surface area contributed by atoms with E-state index in [9.17, 15) is 31.5 Å². The molecule has 2 N–H and O–H groups in total. The quantitative estimate of drug-likeness (QED) is 0.389. The Morgan fingerprint density at radius 2 is 1.83 bits per heavy atom. The van der Waals surface area contributed by atoms with Gasteiger partial charge in [-0.1, -0.05) is 23.7 Å². The molecular weight excluding hydrogens is 628 g/mol. The number of benzene rings is 1. The summed E-state index contributed by atoms with van der Waals surface area (Å²) in [5.74, 6) is -1.12. The number of aromatic nitrogens is 1. The highest BCUT2D eigenvalue weighted by molar-refractivity contribution is 7.95. The lowest BCUT2D eigenvalue weighted by molar-refractivity contribution is -0.138. The molecule has 0 spiro atoms. The molecule has 12 nitrogen and oxygen atoms in total. The van der Waals surface area contributed by atoms with Gasteiger partial charge in [-0.05, 0) is 54.6 Å². The Hall–Kier alpha value is -2.92. The number of halogens is 1. The van der Waals surface area contributed by atoms with Crippen LogP contribution in [0.5, 0.6) is 0 Å². The summed E-state index contributed by atoms with van der Waals surface area (Å²) in [7, 11) is -4.79. The van der Waals surface area contributed by atoms with Crippen molar-refractivity contribution < 1.29 is 36.1 Å². The summed E-state index contributed by atoms with van der Waals surface area (Å²) < 4.78 is 54.4. The molecule has 1 unspecified atom stereocenters. The average Bonchev–Trinajstić information content (AvgIpc) is 3.61. The Morgan fingerprint density at radius 1 is 1.17 bits per heavy atom. The highest BCUT2D eigenvalue weighted by atomic mass is 35.5. The number of likely N-dealkylation sites (tertiary alicyclic amines) is 1. The van der Waals surface area contributed by atoms with Gasteiger partial charge in [-0.3, -0.25) is 24.0 Å². The zero-order chi connectivity index (χ0) is 31.2. The molecular formula is C26H29ClN4O8S3. The summed E-state index contributed by atoms with van der Waals surface area (Å²) in [6.07, 6.45) is 1.39. The number of amides is 2. The molecule has 2 amide bonds. The summed E-state index contributed by atoms with van der Waals surface area (Å²) in [4.78, 5) is 35.7. The number of hydrogen-bond donors (Lipinski definition) is 2. The molecule has 2 aliphatic heterocycles. The van der Waals surface area contributed by atoms with Gasteiger partial charge in [-0.2, -0.15) is 21.1 Å². The summed E-state index contributed by atoms with van der Waals surface area (Å²) in [6.45, 7) is 1.72. The van der Waals surface area contributed by atoms with E-state index in [-0.39, 0.29) is 45.0 Å². The lowest BCUT2D eigenvalue weighted by Crippen LogP contribution is -2.59. The van der Waals surface area contributed by atoms with Crippen molar-refractivity contribution in [3.63, 3.8) is 0 Å². The number of hydrogen-bond acceptors (Lipinski definition) is 10. The van der Waals surface area contributed by atoms with Gasteiger partial charge in [-0.25, -0.2) is 0 Å². The lowest BCUT2D eigenvalue weighted by atomic mass is 9.82. The minimum absolute atomic E-state index is 0.00216. The van der Waals surface area contributed by atoms with Gasteiger partial charge in [0.25, 0.3) is 26.0 Å². The maximum Gasteiger partial charge on any atom is 0.280 e. The summed E-state index contributed by atoms with van der Waals surface area (Å²) in [5, 5.41) is 12.7. The Kier molecular flexibility index (Phi) is 8.87. The van der Waals surface area contributed by atoms with Crippen LogP contribution in [0.2, 0.25) is 5.02 Å². The predicted octanol–water partition coefficient (Wildman–Crippen LogP) is 2.11. The third-order valence-corrected chi connectivity index (χ3v) is 10.1. The SMILES string of the molecule is CS(=O)(=O)O.Cc1cccnc1C1(N2C[C@H](O)C[C@H]2C(=O)N(C)C)C(=O)N(S(=O)(=O)c2cccs2)c2ccc(Cl)cc21. The summed E-state index contributed by atoms with van der Waals surface area (Å²) in [6, 6.07) is 10.2. The number of rotatable bonds is 5. The fourth-order valence-corrected chi connectivity index (χ4v) is 8.01. The number of aryl methyl sites for hydroxylation is 1. The van der Waals surface area contributed by atoms with E-state index in [0.29, 0.717) is 11.8 Å². The van der Waals surface area contributed by atoms with Gasteiger partial charge >= 0.3 is 0 Å². The molecule has 4 heterocycles. The first-order valence-electron chi connectivity index (χ1n) is 12.4. The predicted molar refractivity (Wildman–Crippen MR) is 157 cm³/mol. The Morgan fingerprint density at radius 3 is 2.40 bits per heavy atom. The number of nitrogens with zero attached hydrogens (tertiary/aromatic N) is 4. The van der Waals surface area contributed by atoms with Gasteiger partial charge in [-0.15, -0.1) is 11.3 Å². The number of pyridine rings is 1. The van der Waals surface area contributed by atoms with Gasteiger partial charge in [0.1, 0.15) is 4.21 Å². The van der Waals surface area contributed by atoms with E-state index in [1.54, 1.807) is 55.6 Å². The number of aliphatic hydroxyl groups is 1. The molecule has 3 atom stereocenters. The Balaban J connectivity index is 0.000000748. The van der Waals surface area contributed by atoms with Gasteiger partial charge in [0.2, 0.25) is 5.91 Å². The molecule has 5 rings (SSSR count). The molecule has 2 aliphatic rings. The van der Waals surface area contributed by atoms with Crippen LogP contribution in [0.15, 0.2) is 58.3 Å². The standard InChI is InChI=1S/C25H25ClN4O5S2.CH4O3S/c1-15-6-4-10-27-22(15)25(29-14-17(31)13-20(29)23(32)28(2)3)18-12-16(26)8-9-19(18)30(24(25)33)37(34,35)21-7-5-11-36-21;1-5(2,3)4/h4-12,17,20,31H,13-14H2,1-3H3;1H3,(H,2,3,4)/t17-,20+,25?;/m1./s1. The molecule has 3 aromatic rings. The Labute approximate surface area is 253 Å². The van der Waals surface area contributed by atoms with E-state index in [2.05, 4.69) is 4.98 Å². The molecule has 0 aliphatic carbocycles. The van der Waals surface area contributed by atoms with Crippen molar-refractivity contribution in [1.82, 2.24) is 14.8 Å². The third-order valence-electron chi connectivity index (χ3n) is 6.84. The monoisotopic (exact) mass is 656 g/mol. The molecule has 0 saturated carbocycles. The molecule has 0 bridgehead atoms. The second-order valence-electron chi connectivity index (χ2n) is 10.1. The lowest BCUT2D eigenvalue weighted by Gasteiger charge is -2.41. The smallest absolute Gasteiger partial charge is 0.280 e. The zero-order valence-electron chi connectivity index (χ0n) is 23.0. The van der Waals surface area contributed by atoms with E-state index in [0.717, 1.165) is 15.6 Å². The highest BCUT2D eigenvalue weighted by Crippen LogP contribution is 2.53. The molecule has 16 heteroatoms. The van der Waals surface area contributed by atoms with Crippen LogP contribution in [0.25, 0.3) is 0 Å². The van der Waals surface area contributed by atoms with Crippen LogP contribution >= 0.6 is 22.9 Å². The number of sulfonamides is 1. The number of likely N-dealkylation sites (N-methyl/N-ethyl adjacent to an activating group) is 1. The molecule has 1 saturated heterocycles. The number of thiophene rings is 1. The second-order valence-corrected chi connectivity index (χ2v) is 14.9. The number of carbonyl (C=O) groups is 2. The number of fused-ring (bicyclic) bond motifs is 1. The third kappa shape index (κ3) is 5.69. The summed E-state index contributed by atoms with van der Waals surface area (Å²) >= 11 is 7.43. The first-order valence-corrected chi connectivity index (χ1v) is 17.0. The molecule has 1 aromatic carbocycles. The van der Waals surface area contributed by atoms with Crippen molar-refractivity contribution in [2.24, 2.45) is 0 Å². The Bertz CT molecular complexity index is 1720. The fraction of sp³-hybridized carbons (Fsp3) is 0.346. The van der Waals surface area contributed by atoms with Crippen molar-refractivity contribution >= 4 is 60.6 Å². The normalized spacial score (nSPS) is 22.5. The van der Waals surface area contributed by atoms with Crippen molar-refractivity contribution in [2.45, 2.75) is 35.2 Å². The minimum Gasteiger partial charge on any atom is -0.392 e. The van der Waals surface area contributed by atoms with E-state index in [1.165, 1.54) is 29.3 Å². The zero-order valence-corrected chi connectivity index (χ0v) is 26.2. The van der Waals surface area contributed by atoms with Crippen molar-refractivity contribution in [3.8, 4) is 0 Å². The van der Waals surface area contributed by atoms with Gasteiger partial charge < -0.3 is 10.0 Å². The van der Waals surface area contributed by atoms with Crippen LogP contribution in [-0.4, -0.2) is 92.1 Å². The van der Waals surface area contributed by atoms with Gasteiger partial charge in [0.05, 0.1) is 29.8 Å². The van der Waals surface area contributed by atoms with Gasteiger partial charge in [0, 0.05) is 37.4 Å². The van der Waals surface area contributed by atoms with E-state index < -0.39 is 43.7 Å². The molecule has 1 fully saturated rings. The van der Waals surface area contributed by atoms with E-state index in [4.69, 9.17) is 16.2 Å². The average molecular weight is 657 g/mol. The first kappa shape index (κ1) is 32.0.